The average Bonchev–Trinajstić information content (AvgIpc) is 3.35. The summed E-state index contributed by atoms with van der Waals surface area (Å²) >= 11 is 6.18. The van der Waals surface area contributed by atoms with Crippen molar-refractivity contribution >= 4 is 29.2 Å². The number of carbonyl (C=O) groups is 2. The lowest BCUT2D eigenvalue weighted by Gasteiger charge is -2.51. The molecule has 1 saturated carbocycles. The van der Waals surface area contributed by atoms with E-state index in [1.165, 1.54) is 29.8 Å². The predicted molar refractivity (Wildman–Crippen MR) is 180 cm³/mol. The van der Waals surface area contributed by atoms with Crippen LogP contribution >= 0.6 is 11.6 Å². The number of pyridine rings is 1. The van der Waals surface area contributed by atoms with Crippen molar-refractivity contribution < 1.29 is 37.3 Å². The Hall–Kier alpha value is -3.79. The van der Waals surface area contributed by atoms with Gasteiger partial charge in [-0.2, -0.15) is 13.2 Å². The Morgan fingerprint density at radius 2 is 1.88 bits per heavy atom. The lowest BCUT2D eigenvalue weighted by atomic mass is 9.59. The highest BCUT2D eigenvalue weighted by Gasteiger charge is 2.60. The summed E-state index contributed by atoms with van der Waals surface area (Å²) < 4.78 is 54.2. The van der Waals surface area contributed by atoms with Crippen LogP contribution in [0.1, 0.15) is 87.1 Å². The largest absolute Gasteiger partial charge is 0.508 e. The summed E-state index contributed by atoms with van der Waals surface area (Å²) in [6.07, 6.45) is 1.61. The summed E-state index contributed by atoms with van der Waals surface area (Å²) in [4.78, 5) is 32.0. The van der Waals surface area contributed by atoms with E-state index >= 15 is 0 Å². The summed E-state index contributed by atoms with van der Waals surface area (Å²) in [5, 5.41) is 10.7. The maximum atomic E-state index is 14.2. The molecule has 262 valence electrons. The molecular weight excluding hydrogens is 657 g/mol. The minimum atomic E-state index is -5.26. The number of ether oxygens (including phenoxy) is 2. The second kappa shape index (κ2) is 13.5. The number of hydrogen-bond acceptors (Lipinski definition) is 6. The Labute approximate surface area is 289 Å². The predicted octanol–water partition coefficient (Wildman–Crippen LogP) is 8.48. The molecule has 49 heavy (non-hydrogen) atoms. The fourth-order valence-corrected chi connectivity index (χ4v) is 9.03. The monoisotopic (exact) mass is 698 g/mol. The highest BCUT2D eigenvalue weighted by molar-refractivity contribution is 6.31. The SMILES string of the molecule is COC(=O)C1(N(C(=O)C(F)(F)F)c2cccc(Cl)c2)CCC2(CC1)c1cc(O)ccc1C[C@@H]2C[C@@H](C)COc1ccnc2c1[C@H](C)CCC2. The third-order valence-electron chi connectivity index (χ3n) is 11.1. The van der Waals surface area contributed by atoms with Gasteiger partial charge in [-0.15, -0.1) is 0 Å². The van der Waals surface area contributed by atoms with E-state index in [0.717, 1.165) is 55.4 Å². The van der Waals surface area contributed by atoms with Crippen molar-refractivity contribution in [2.45, 2.75) is 94.7 Å². The van der Waals surface area contributed by atoms with Crippen molar-refractivity contribution in [1.82, 2.24) is 4.98 Å². The molecule has 1 heterocycles. The van der Waals surface area contributed by atoms with Crippen molar-refractivity contribution in [2.75, 3.05) is 18.6 Å². The number of benzene rings is 2. The summed E-state index contributed by atoms with van der Waals surface area (Å²) in [7, 11) is 1.12. The Kier molecular flexibility index (Phi) is 9.65. The Bertz CT molecular complexity index is 1720. The van der Waals surface area contributed by atoms with Gasteiger partial charge in [0.1, 0.15) is 17.0 Å². The maximum Gasteiger partial charge on any atom is 0.471 e. The smallest absolute Gasteiger partial charge is 0.471 e. The van der Waals surface area contributed by atoms with E-state index in [2.05, 4.69) is 18.8 Å². The van der Waals surface area contributed by atoms with Crippen LogP contribution in [0.5, 0.6) is 11.5 Å². The van der Waals surface area contributed by atoms with Gasteiger partial charge in [0.25, 0.3) is 0 Å². The Morgan fingerprint density at radius 1 is 1.12 bits per heavy atom. The summed E-state index contributed by atoms with van der Waals surface area (Å²) in [6.45, 7) is 4.82. The summed E-state index contributed by atoms with van der Waals surface area (Å²) in [5.74, 6) is -1.55. The first-order valence-electron chi connectivity index (χ1n) is 17.0. The first-order valence-corrected chi connectivity index (χ1v) is 17.3. The van der Waals surface area contributed by atoms with Gasteiger partial charge in [0.05, 0.1) is 13.7 Å². The van der Waals surface area contributed by atoms with E-state index in [1.807, 2.05) is 12.1 Å². The number of aromatic nitrogens is 1. The topological polar surface area (TPSA) is 89.0 Å². The van der Waals surface area contributed by atoms with Crippen LogP contribution in [-0.4, -0.2) is 47.4 Å². The number of aryl methyl sites for hydroxylation is 1. The number of aromatic hydroxyl groups is 1. The highest BCUT2D eigenvalue weighted by Crippen LogP contribution is 2.58. The van der Waals surface area contributed by atoms with Crippen LogP contribution in [0.3, 0.4) is 0 Å². The lowest BCUT2D eigenvalue weighted by molar-refractivity contribution is -0.174. The third-order valence-corrected chi connectivity index (χ3v) is 11.4. The van der Waals surface area contributed by atoms with Gasteiger partial charge in [-0.25, -0.2) is 4.79 Å². The number of fused-ring (bicyclic) bond motifs is 3. The molecule has 1 spiro atoms. The van der Waals surface area contributed by atoms with Gasteiger partial charge in [0, 0.05) is 28.2 Å². The van der Waals surface area contributed by atoms with Crippen LogP contribution in [0, 0.1) is 11.8 Å². The number of phenols is 1. The van der Waals surface area contributed by atoms with Crippen LogP contribution in [0.4, 0.5) is 18.9 Å². The zero-order valence-corrected chi connectivity index (χ0v) is 28.7. The summed E-state index contributed by atoms with van der Waals surface area (Å²) in [6, 6.07) is 12.8. The van der Waals surface area contributed by atoms with E-state index in [1.54, 1.807) is 18.3 Å². The van der Waals surface area contributed by atoms with E-state index in [0.29, 0.717) is 36.7 Å². The lowest BCUT2D eigenvalue weighted by Crippen LogP contribution is -2.63. The summed E-state index contributed by atoms with van der Waals surface area (Å²) in [5.41, 5.74) is 1.69. The van der Waals surface area contributed by atoms with Crippen LogP contribution in [-0.2, 0) is 32.6 Å². The van der Waals surface area contributed by atoms with Crippen molar-refractivity contribution in [3.8, 4) is 11.5 Å². The van der Waals surface area contributed by atoms with E-state index < -0.39 is 29.0 Å². The van der Waals surface area contributed by atoms with E-state index in [-0.39, 0.29) is 41.1 Å². The Morgan fingerprint density at radius 3 is 2.57 bits per heavy atom. The molecule has 1 fully saturated rings. The van der Waals surface area contributed by atoms with Crippen LogP contribution in [0.15, 0.2) is 54.7 Å². The number of carbonyl (C=O) groups excluding carboxylic acids is 2. The first-order chi connectivity index (χ1) is 23.3. The van der Waals surface area contributed by atoms with Gasteiger partial charge in [0.2, 0.25) is 0 Å². The van der Waals surface area contributed by atoms with E-state index in [4.69, 9.17) is 21.1 Å². The number of nitrogens with zero attached hydrogens (tertiary/aromatic N) is 2. The number of rotatable bonds is 8. The molecule has 6 rings (SSSR count). The molecule has 3 aliphatic carbocycles. The molecule has 0 saturated heterocycles. The minimum absolute atomic E-state index is 0.0572. The molecule has 1 amide bonds. The molecule has 2 aromatic carbocycles. The van der Waals surface area contributed by atoms with Crippen molar-refractivity contribution in [3.63, 3.8) is 0 Å². The number of methoxy groups -OCH3 is 1. The molecule has 1 N–H and O–H groups in total. The molecular formula is C38H42ClF3N2O5. The fraction of sp³-hybridized carbons (Fsp3) is 0.500. The van der Waals surface area contributed by atoms with Gasteiger partial charge in [-0.3, -0.25) is 14.7 Å². The maximum absolute atomic E-state index is 14.2. The van der Waals surface area contributed by atoms with E-state index in [9.17, 15) is 27.9 Å². The molecule has 0 radical (unpaired) electrons. The molecule has 0 aliphatic heterocycles. The molecule has 3 atom stereocenters. The van der Waals surface area contributed by atoms with Gasteiger partial charge >= 0.3 is 18.1 Å². The quantitative estimate of drug-likeness (QED) is 0.238. The highest BCUT2D eigenvalue weighted by atomic mass is 35.5. The van der Waals surface area contributed by atoms with Crippen molar-refractivity contribution in [2.24, 2.45) is 11.8 Å². The van der Waals surface area contributed by atoms with Crippen molar-refractivity contribution in [3.05, 3.63) is 82.1 Å². The molecule has 7 nitrogen and oxygen atoms in total. The van der Waals surface area contributed by atoms with Crippen LogP contribution in [0.25, 0.3) is 0 Å². The number of esters is 1. The van der Waals surface area contributed by atoms with Crippen molar-refractivity contribution in [1.29, 1.82) is 0 Å². The molecule has 0 bridgehead atoms. The first kappa shape index (κ1) is 35.1. The van der Waals surface area contributed by atoms with Crippen LogP contribution in [0.2, 0.25) is 5.02 Å². The minimum Gasteiger partial charge on any atom is -0.508 e. The molecule has 0 unspecified atom stereocenters. The Balaban J connectivity index is 1.30. The van der Waals surface area contributed by atoms with Gasteiger partial charge in [0.15, 0.2) is 0 Å². The second-order valence-corrected chi connectivity index (χ2v) is 14.6. The number of anilines is 1. The normalized spacial score (nSPS) is 25.3. The van der Waals surface area contributed by atoms with Gasteiger partial charge in [-0.05, 0) is 128 Å². The fourth-order valence-electron chi connectivity index (χ4n) is 8.85. The number of halogens is 4. The number of alkyl halides is 3. The zero-order chi connectivity index (χ0) is 35.1. The number of phenolic OH excluding ortho intramolecular Hbond substituents is 1. The average molecular weight is 699 g/mol. The zero-order valence-electron chi connectivity index (χ0n) is 28.0. The second-order valence-electron chi connectivity index (χ2n) is 14.2. The number of hydrogen-bond donors (Lipinski definition) is 1. The standard InChI is InChI=1S/C38H42ClF3N2O5/c1-23(22-49-32-12-17-43-31-9-4-6-24(2)33(31)32)18-26-19-25-10-11-29(45)21-30(25)36(26)13-15-37(16-14-36,35(47)48-3)44(34(46)38(40,41)42)28-8-5-7-27(39)20-28/h5,7-8,10-12,17,20-21,23-24,26,45H,4,6,9,13-16,18-19,22H2,1-3H3/t23-,24-,26+,36?,37?/m1/s1. The van der Waals surface area contributed by atoms with Gasteiger partial charge < -0.3 is 14.6 Å². The molecule has 1 aromatic heterocycles. The molecule has 3 aliphatic rings. The third kappa shape index (κ3) is 6.48. The molecule has 11 heteroatoms. The molecule has 3 aromatic rings. The number of amides is 1. The van der Waals surface area contributed by atoms with Gasteiger partial charge in [-0.1, -0.05) is 37.6 Å². The van der Waals surface area contributed by atoms with Crippen LogP contribution < -0.4 is 9.64 Å².